The zero-order valence-corrected chi connectivity index (χ0v) is 19.2. The van der Waals surface area contributed by atoms with E-state index in [9.17, 15) is 13.6 Å². The van der Waals surface area contributed by atoms with Gasteiger partial charge in [0.25, 0.3) is 5.91 Å². The summed E-state index contributed by atoms with van der Waals surface area (Å²) in [4.78, 5) is 23.9. The number of aromatic nitrogens is 2. The summed E-state index contributed by atoms with van der Waals surface area (Å²) in [6.07, 6.45) is 6.07. The number of nitrogens with zero attached hydrogens (tertiary/aromatic N) is 3. The smallest absolute Gasteiger partial charge is 0.253 e. The highest BCUT2D eigenvalue weighted by Crippen LogP contribution is 2.28. The zero-order chi connectivity index (χ0) is 24.2. The number of benzene rings is 2. The van der Waals surface area contributed by atoms with Crippen molar-refractivity contribution in [2.45, 2.75) is 31.6 Å². The van der Waals surface area contributed by atoms with Gasteiger partial charge in [0, 0.05) is 43.4 Å². The molecule has 0 bridgehead atoms. The molecule has 1 aliphatic heterocycles. The third-order valence-electron chi connectivity index (χ3n) is 6.26. The summed E-state index contributed by atoms with van der Waals surface area (Å²) < 4.78 is 32.7. The highest BCUT2D eigenvalue weighted by molar-refractivity contribution is 5.94. The Balaban J connectivity index is 1.25. The quantitative estimate of drug-likeness (QED) is 0.369. The Labute approximate surface area is 202 Å². The van der Waals surface area contributed by atoms with Gasteiger partial charge in [0.05, 0.1) is 12.1 Å². The number of amides is 1. The number of rotatable bonds is 6. The fourth-order valence-electron chi connectivity index (χ4n) is 4.51. The molecule has 0 radical (unpaired) electrons. The monoisotopic (exact) mass is 473 g/mol. The molecular formula is C28H25F2N3O2. The van der Waals surface area contributed by atoms with Crippen LogP contribution in [0, 0.1) is 11.6 Å². The Hall–Kier alpha value is -3.87. The van der Waals surface area contributed by atoms with Gasteiger partial charge in [-0.2, -0.15) is 0 Å². The average molecular weight is 474 g/mol. The number of halogens is 2. The molecule has 35 heavy (non-hydrogen) atoms. The number of carbonyl (C=O) groups excluding carboxylic acids is 1. The van der Waals surface area contributed by atoms with Crippen molar-refractivity contribution in [2.24, 2.45) is 0 Å². The summed E-state index contributed by atoms with van der Waals surface area (Å²) in [7, 11) is 0. The summed E-state index contributed by atoms with van der Waals surface area (Å²) >= 11 is 0. The van der Waals surface area contributed by atoms with Gasteiger partial charge in [-0.25, -0.2) is 13.8 Å². The first-order valence-corrected chi connectivity index (χ1v) is 11.7. The first kappa shape index (κ1) is 22.9. The van der Waals surface area contributed by atoms with Crippen LogP contribution in [0.5, 0.6) is 0 Å². The number of hydrogen-bond donors (Lipinski definition) is 0. The molecule has 1 aliphatic rings. The zero-order valence-electron chi connectivity index (χ0n) is 19.2. The van der Waals surface area contributed by atoms with Crippen molar-refractivity contribution in [1.82, 2.24) is 14.9 Å². The summed E-state index contributed by atoms with van der Waals surface area (Å²) in [5, 5.41) is 0. The summed E-state index contributed by atoms with van der Waals surface area (Å²) in [5.74, 6) is 0.738. The van der Waals surface area contributed by atoms with E-state index in [1.165, 1.54) is 24.3 Å². The van der Waals surface area contributed by atoms with Crippen LogP contribution in [-0.4, -0.2) is 33.9 Å². The minimum atomic E-state index is -0.290. The molecule has 1 amide bonds. The van der Waals surface area contributed by atoms with Crippen LogP contribution in [0.25, 0.3) is 0 Å². The van der Waals surface area contributed by atoms with Crippen molar-refractivity contribution >= 4 is 5.91 Å². The fraction of sp³-hybridized carbons (Fsp3) is 0.250. The largest absolute Gasteiger partial charge is 0.445 e. The van der Waals surface area contributed by atoms with Crippen molar-refractivity contribution in [3.63, 3.8) is 0 Å². The van der Waals surface area contributed by atoms with E-state index < -0.39 is 0 Å². The van der Waals surface area contributed by atoms with Crippen LogP contribution in [0.2, 0.25) is 0 Å². The molecule has 5 rings (SSSR count). The predicted octanol–water partition coefficient (Wildman–Crippen LogP) is 5.55. The molecule has 1 atom stereocenters. The Morgan fingerprint density at radius 3 is 2.66 bits per heavy atom. The van der Waals surface area contributed by atoms with E-state index in [4.69, 9.17) is 4.42 Å². The highest BCUT2D eigenvalue weighted by Gasteiger charge is 2.28. The topological polar surface area (TPSA) is 59.2 Å². The number of likely N-dealkylation sites (tertiary alicyclic amines) is 1. The molecule has 2 aromatic heterocycles. The lowest BCUT2D eigenvalue weighted by Gasteiger charge is -2.31. The van der Waals surface area contributed by atoms with E-state index >= 15 is 0 Å². The molecule has 178 valence electrons. The Kier molecular flexibility index (Phi) is 6.66. The lowest BCUT2D eigenvalue weighted by Crippen LogP contribution is -2.39. The maximum Gasteiger partial charge on any atom is 0.253 e. The second kappa shape index (κ2) is 10.2. The van der Waals surface area contributed by atoms with E-state index in [0.29, 0.717) is 48.8 Å². The van der Waals surface area contributed by atoms with Gasteiger partial charge >= 0.3 is 0 Å². The predicted molar refractivity (Wildman–Crippen MR) is 127 cm³/mol. The van der Waals surface area contributed by atoms with Crippen molar-refractivity contribution in [1.29, 1.82) is 0 Å². The number of hydrogen-bond acceptors (Lipinski definition) is 4. The van der Waals surface area contributed by atoms with Crippen LogP contribution < -0.4 is 0 Å². The average Bonchev–Trinajstić information content (AvgIpc) is 3.34. The summed E-state index contributed by atoms with van der Waals surface area (Å²) in [6.45, 7) is 1.19. The summed E-state index contributed by atoms with van der Waals surface area (Å²) in [6, 6.07) is 16.2. The van der Waals surface area contributed by atoms with E-state index in [1.54, 1.807) is 42.7 Å². The molecule has 0 N–H and O–H groups in total. The molecule has 2 aromatic carbocycles. The molecule has 4 aromatic rings. The van der Waals surface area contributed by atoms with Gasteiger partial charge in [0.1, 0.15) is 17.4 Å². The molecule has 5 nitrogen and oxygen atoms in total. The van der Waals surface area contributed by atoms with Gasteiger partial charge in [-0.1, -0.05) is 24.3 Å². The number of pyridine rings is 1. The van der Waals surface area contributed by atoms with E-state index in [2.05, 4.69) is 9.97 Å². The molecule has 3 heterocycles. The maximum absolute atomic E-state index is 13.5. The second-order valence-electron chi connectivity index (χ2n) is 8.90. The lowest BCUT2D eigenvalue weighted by atomic mass is 9.97. The van der Waals surface area contributed by atoms with Crippen LogP contribution in [0.3, 0.4) is 0 Å². The van der Waals surface area contributed by atoms with Crippen LogP contribution in [-0.2, 0) is 12.8 Å². The third-order valence-corrected chi connectivity index (χ3v) is 6.26. The van der Waals surface area contributed by atoms with Crippen LogP contribution >= 0.6 is 0 Å². The molecular weight excluding hydrogens is 448 g/mol. The first-order valence-electron chi connectivity index (χ1n) is 11.7. The van der Waals surface area contributed by atoms with Crippen molar-refractivity contribution in [3.05, 3.63) is 119 Å². The molecule has 7 heteroatoms. The second-order valence-corrected chi connectivity index (χ2v) is 8.90. The fourth-order valence-corrected chi connectivity index (χ4v) is 4.51. The van der Waals surface area contributed by atoms with E-state index in [1.807, 2.05) is 11.0 Å². The lowest BCUT2D eigenvalue weighted by molar-refractivity contribution is 0.0697. The Morgan fingerprint density at radius 1 is 0.971 bits per heavy atom. The SMILES string of the molecule is O=C(c1ccnc(Cc2cccc(F)c2)c1)N1CCC[C@H](c2ncc(Cc3ccc(F)cc3)o2)C1. The standard InChI is InChI=1S/C28H25F2N3O2/c29-23-8-6-19(7-9-23)15-26-17-32-27(35-26)22-4-2-12-33(18-22)28(34)21-10-11-31-25(16-21)14-20-3-1-5-24(30)13-20/h1,3,5-11,13,16-17,22H,2,4,12,14-15,18H2/t22-/m0/s1. The van der Waals surface area contributed by atoms with E-state index in [-0.39, 0.29) is 23.5 Å². The van der Waals surface area contributed by atoms with Gasteiger partial charge in [0.15, 0.2) is 5.89 Å². The summed E-state index contributed by atoms with van der Waals surface area (Å²) in [5.41, 5.74) is 3.03. The molecule has 0 aliphatic carbocycles. The Bertz CT molecular complexity index is 1320. The molecule has 0 saturated carbocycles. The molecule has 1 fully saturated rings. The molecule has 0 spiro atoms. The molecule has 1 saturated heterocycles. The highest BCUT2D eigenvalue weighted by atomic mass is 19.1. The van der Waals surface area contributed by atoms with Gasteiger partial charge in [-0.15, -0.1) is 0 Å². The Morgan fingerprint density at radius 2 is 1.83 bits per heavy atom. The van der Waals surface area contributed by atoms with Crippen LogP contribution in [0.1, 0.15) is 57.6 Å². The van der Waals surface area contributed by atoms with Gasteiger partial charge in [-0.3, -0.25) is 9.78 Å². The third kappa shape index (κ3) is 5.62. The number of oxazole rings is 1. The van der Waals surface area contributed by atoms with E-state index in [0.717, 1.165) is 24.0 Å². The minimum Gasteiger partial charge on any atom is -0.445 e. The van der Waals surface area contributed by atoms with Crippen LogP contribution in [0.4, 0.5) is 8.78 Å². The number of carbonyl (C=O) groups is 1. The van der Waals surface area contributed by atoms with Crippen molar-refractivity contribution in [2.75, 3.05) is 13.1 Å². The maximum atomic E-state index is 13.5. The van der Waals surface area contributed by atoms with Crippen molar-refractivity contribution in [3.8, 4) is 0 Å². The normalized spacial score (nSPS) is 15.8. The number of piperidine rings is 1. The minimum absolute atomic E-state index is 0.0169. The first-order chi connectivity index (χ1) is 17.0. The molecule has 0 unspecified atom stereocenters. The van der Waals surface area contributed by atoms with Gasteiger partial charge in [-0.05, 0) is 60.4 Å². The van der Waals surface area contributed by atoms with Gasteiger partial charge in [0.2, 0.25) is 0 Å². The van der Waals surface area contributed by atoms with Crippen molar-refractivity contribution < 1.29 is 18.0 Å². The van der Waals surface area contributed by atoms with Gasteiger partial charge < -0.3 is 9.32 Å². The van der Waals surface area contributed by atoms with Crippen LogP contribution in [0.15, 0.2) is 77.5 Å².